The van der Waals surface area contributed by atoms with E-state index in [4.69, 9.17) is 15.6 Å². The number of hydrogen-bond donors (Lipinski definition) is 2. The van der Waals surface area contributed by atoms with Gasteiger partial charge in [0, 0.05) is 18.4 Å². The van der Waals surface area contributed by atoms with Crippen molar-refractivity contribution in [3.8, 4) is 0 Å². The van der Waals surface area contributed by atoms with Crippen LogP contribution in [0.25, 0.3) is 5.57 Å². The number of carbonyl (C=O) groups is 2. The second kappa shape index (κ2) is 11.8. The van der Waals surface area contributed by atoms with E-state index in [9.17, 15) is 26.4 Å². The fraction of sp³-hybridized carbons (Fsp3) is 0.600. The Morgan fingerprint density at radius 2 is 1.78 bits per heavy atom. The van der Waals surface area contributed by atoms with Gasteiger partial charge < -0.3 is 15.7 Å². The zero-order chi connectivity index (χ0) is 27.3. The van der Waals surface area contributed by atoms with Gasteiger partial charge in [0.1, 0.15) is 9.84 Å². The van der Waals surface area contributed by atoms with Crippen LogP contribution in [0.15, 0.2) is 24.3 Å². The van der Waals surface area contributed by atoms with E-state index in [2.05, 4.69) is 30.9 Å². The van der Waals surface area contributed by atoms with Gasteiger partial charge in [0.2, 0.25) is 5.91 Å². The summed E-state index contributed by atoms with van der Waals surface area (Å²) in [6, 6.07) is 6.12. The molecule has 1 aromatic rings. The molecule has 0 atom stereocenters. The lowest BCUT2D eigenvalue weighted by molar-refractivity contribution is -0.192. The minimum atomic E-state index is -5.08. The second-order valence-electron chi connectivity index (χ2n) is 10.3. The molecule has 0 spiro atoms. The van der Waals surface area contributed by atoms with Gasteiger partial charge in [0.15, 0.2) is 0 Å². The monoisotopic (exact) mass is 532 g/mol. The van der Waals surface area contributed by atoms with Crippen LogP contribution in [0.5, 0.6) is 0 Å². The van der Waals surface area contributed by atoms with E-state index in [0.29, 0.717) is 23.4 Å². The number of halogens is 3. The van der Waals surface area contributed by atoms with Crippen molar-refractivity contribution in [3.05, 3.63) is 41.0 Å². The molecule has 36 heavy (non-hydrogen) atoms. The van der Waals surface area contributed by atoms with Crippen LogP contribution in [0.2, 0.25) is 0 Å². The van der Waals surface area contributed by atoms with E-state index in [1.54, 1.807) is 0 Å². The van der Waals surface area contributed by atoms with Crippen molar-refractivity contribution in [2.75, 3.05) is 31.6 Å². The molecule has 11 heteroatoms. The fourth-order valence-electron chi connectivity index (χ4n) is 4.40. The molecule has 202 valence electrons. The molecule has 1 heterocycles. The van der Waals surface area contributed by atoms with Gasteiger partial charge in [0.25, 0.3) is 0 Å². The Labute approximate surface area is 210 Å². The number of sulfone groups is 1. The molecule has 2 aliphatic rings. The van der Waals surface area contributed by atoms with E-state index in [1.807, 2.05) is 12.1 Å². The van der Waals surface area contributed by atoms with Crippen LogP contribution in [-0.4, -0.2) is 68.1 Å². The molecule has 0 radical (unpaired) electrons. The minimum absolute atomic E-state index is 0.222. The molecule has 0 unspecified atom stereocenters. The molecule has 0 aromatic heterocycles. The smallest absolute Gasteiger partial charge is 0.475 e. The topological polar surface area (TPSA) is 118 Å². The van der Waals surface area contributed by atoms with Gasteiger partial charge in [-0.15, -0.1) is 0 Å². The highest BCUT2D eigenvalue weighted by Crippen LogP contribution is 2.40. The van der Waals surface area contributed by atoms with E-state index in [-0.39, 0.29) is 11.7 Å². The van der Waals surface area contributed by atoms with E-state index < -0.39 is 22.0 Å². The summed E-state index contributed by atoms with van der Waals surface area (Å²) in [4.78, 5) is 23.1. The van der Waals surface area contributed by atoms with Crippen LogP contribution in [0.3, 0.4) is 0 Å². The Balaban J connectivity index is 0.000000572. The van der Waals surface area contributed by atoms with Gasteiger partial charge in [-0.1, -0.05) is 32.1 Å². The lowest BCUT2D eigenvalue weighted by Gasteiger charge is -2.33. The maximum atomic E-state index is 12.0. The number of hydrogen-bond acceptors (Lipinski definition) is 5. The summed E-state index contributed by atoms with van der Waals surface area (Å²) < 4.78 is 54.5. The Bertz CT molecular complexity index is 1090. The number of amides is 1. The van der Waals surface area contributed by atoms with Crippen molar-refractivity contribution in [3.63, 3.8) is 0 Å². The first-order chi connectivity index (χ1) is 16.5. The Hall–Kier alpha value is -2.40. The molecule has 7 nitrogen and oxygen atoms in total. The fourth-order valence-corrected chi connectivity index (χ4v) is 4.99. The highest BCUT2D eigenvalue weighted by molar-refractivity contribution is 7.90. The predicted octanol–water partition coefficient (Wildman–Crippen LogP) is 4.24. The van der Waals surface area contributed by atoms with Crippen LogP contribution < -0.4 is 5.73 Å². The third-order valence-electron chi connectivity index (χ3n) is 6.71. The van der Waals surface area contributed by atoms with Crippen molar-refractivity contribution < 1.29 is 36.3 Å². The summed E-state index contributed by atoms with van der Waals surface area (Å²) in [6.07, 6.45) is 3.60. The standard InChI is InChI=1S/C23H34N2O3S.C2HF3O2/c1-23(2)10-6-18(7-11-23)21-16-19(4-5-20(21)22(24)26)17-8-12-25(13-9-17)14-15-29(3,27)28;3-2(4,5)1(6)7/h4-6,16-17H,7-15H2,1-3H3,(H2,24,26);(H,6,7). The Kier molecular flexibility index (Phi) is 9.75. The van der Waals surface area contributed by atoms with Crippen molar-refractivity contribution in [1.29, 1.82) is 0 Å². The summed E-state index contributed by atoms with van der Waals surface area (Å²) in [6.45, 7) is 6.99. The van der Waals surface area contributed by atoms with Crippen LogP contribution in [0.1, 0.15) is 73.4 Å². The molecule has 1 aliphatic carbocycles. The van der Waals surface area contributed by atoms with E-state index in [1.165, 1.54) is 17.4 Å². The summed E-state index contributed by atoms with van der Waals surface area (Å²) in [5, 5.41) is 7.12. The van der Waals surface area contributed by atoms with E-state index >= 15 is 0 Å². The first-order valence-corrected chi connectivity index (χ1v) is 13.9. The predicted molar refractivity (Wildman–Crippen MR) is 132 cm³/mol. The Morgan fingerprint density at radius 1 is 1.19 bits per heavy atom. The van der Waals surface area contributed by atoms with Crippen molar-refractivity contribution in [1.82, 2.24) is 4.90 Å². The van der Waals surface area contributed by atoms with Crippen LogP contribution in [0, 0.1) is 5.41 Å². The number of piperidine rings is 1. The summed E-state index contributed by atoms with van der Waals surface area (Å²) >= 11 is 0. The Morgan fingerprint density at radius 3 is 2.22 bits per heavy atom. The third-order valence-corrected chi connectivity index (χ3v) is 7.63. The maximum absolute atomic E-state index is 12.0. The highest BCUT2D eigenvalue weighted by Gasteiger charge is 2.38. The van der Waals surface area contributed by atoms with Gasteiger partial charge >= 0.3 is 12.1 Å². The molecule has 1 saturated heterocycles. The maximum Gasteiger partial charge on any atom is 0.490 e. The highest BCUT2D eigenvalue weighted by atomic mass is 32.2. The number of allylic oxidation sites excluding steroid dienone is 2. The third kappa shape index (κ3) is 9.24. The number of carboxylic acid groups (broad SMARTS) is 1. The number of alkyl halides is 3. The molecule has 0 bridgehead atoms. The second-order valence-corrected chi connectivity index (χ2v) is 12.6. The first-order valence-electron chi connectivity index (χ1n) is 11.8. The SMILES string of the molecule is CC1(C)CC=C(c2cc(C3CCN(CCS(C)(=O)=O)CC3)ccc2C(N)=O)CC1.O=C(O)C(F)(F)F. The number of carboxylic acids is 1. The first kappa shape index (κ1) is 29.8. The van der Waals surface area contributed by atoms with Gasteiger partial charge in [0.05, 0.1) is 5.75 Å². The summed E-state index contributed by atoms with van der Waals surface area (Å²) in [5.74, 6) is -2.47. The summed E-state index contributed by atoms with van der Waals surface area (Å²) in [5.41, 5.74) is 10.1. The lowest BCUT2D eigenvalue weighted by atomic mass is 9.76. The zero-order valence-corrected chi connectivity index (χ0v) is 21.7. The molecule has 1 amide bonds. The van der Waals surface area contributed by atoms with Gasteiger partial charge in [-0.25, -0.2) is 13.2 Å². The number of aliphatic carboxylic acids is 1. The number of benzene rings is 1. The molecule has 1 fully saturated rings. The number of carbonyl (C=O) groups excluding carboxylic acids is 1. The van der Waals surface area contributed by atoms with Gasteiger partial charge in [-0.2, -0.15) is 13.2 Å². The molecule has 1 aliphatic heterocycles. The van der Waals surface area contributed by atoms with Crippen LogP contribution in [-0.2, 0) is 14.6 Å². The molecule has 1 aromatic carbocycles. The largest absolute Gasteiger partial charge is 0.490 e. The molecule has 0 saturated carbocycles. The average Bonchev–Trinajstić information content (AvgIpc) is 2.77. The van der Waals surface area contributed by atoms with E-state index in [0.717, 1.165) is 50.8 Å². The number of primary amides is 1. The van der Waals surface area contributed by atoms with Crippen LogP contribution in [0.4, 0.5) is 13.2 Å². The van der Waals surface area contributed by atoms with Crippen molar-refractivity contribution in [2.24, 2.45) is 11.1 Å². The zero-order valence-electron chi connectivity index (χ0n) is 20.9. The van der Waals surface area contributed by atoms with Crippen molar-refractivity contribution in [2.45, 2.75) is 58.0 Å². The number of likely N-dealkylation sites (tertiary alicyclic amines) is 1. The molecule has 3 N–H and O–H groups in total. The number of nitrogens with zero attached hydrogens (tertiary/aromatic N) is 1. The number of rotatable bonds is 6. The minimum Gasteiger partial charge on any atom is -0.475 e. The summed E-state index contributed by atoms with van der Waals surface area (Å²) in [7, 11) is -2.92. The van der Waals surface area contributed by atoms with Crippen LogP contribution >= 0.6 is 0 Å². The van der Waals surface area contributed by atoms with Gasteiger partial charge in [-0.3, -0.25) is 4.79 Å². The molecule has 3 rings (SSSR count). The molecular weight excluding hydrogens is 497 g/mol. The quantitative estimate of drug-likeness (QED) is 0.566. The van der Waals surface area contributed by atoms with Gasteiger partial charge in [-0.05, 0) is 79.3 Å². The van der Waals surface area contributed by atoms with Crippen molar-refractivity contribution >= 4 is 27.3 Å². The normalized spacial score (nSPS) is 19.1. The number of nitrogens with two attached hydrogens (primary N) is 1. The molecular formula is C25H35F3N2O5S. The average molecular weight is 533 g/mol. The lowest BCUT2D eigenvalue weighted by Crippen LogP contribution is -2.36.